The summed E-state index contributed by atoms with van der Waals surface area (Å²) < 4.78 is 13.4. The smallest absolute Gasteiger partial charge is 0.311 e. The summed E-state index contributed by atoms with van der Waals surface area (Å²) in [6, 6.07) is 11.9. The zero-order chi connectivity index (χ0) is 28.8. The summed E-state index contributed by atoms with van der Waals surface area (Å²) in [5.74, 6) is -0.274. The minimum Gasteiger partial charge on any atom is -0.462 e. The minimum absolute atomic E-state index is 0.0903. The maximum atomic E-state index is 12.8. The zero-order valence-electron chi connectivity index (χ0n) is 23.8. The van der Waals surface area contributed by atoms with Crippen LogP contribution in [0.15, 0.2) is 48.8 Å². The van der Waals surface area contributed by atoms with Gasteiger partial charge in [-0.2, -0.15) is 5.10 Å². The molecule has 0 saturated heterocycles. The third-order valence-electron chi connectivity index (χ3n) is 6.39. The second kappa shape index (κ2) is 10.6. The lowest BCUT2D eigenvalue weighted by Gasteiger charge is -2.31. The number of nitrogens with zero attached hydrogens (tertiary/aromatic N) is 3. The molecule has 0 fully saturated rings. The van der Waals surface area contributed by atoms with E-state index in [1.165, 1.54) is 0 Å². The number of carbonyl (C=O) groups excluding carboxylic acids is 1. The highest BCUT2D eigenvalue weighted by Gasteiger charge is 2.31. The minimum atomic E-state index is -0.624. The molecular weight excluding hydrogens is 544 g/mol. The largest absolute Gasteiger partial charge is 0.462 e. The Morgan fingerprint density at radius 2 is 1.77 bits per heavy atom. The fraction of sp³-hybridized carbons (Fsp3) is 0.355. The topological polar surface area (TPSA) is 90.0 Å². The number of aromatic nitrogens is 4. The molecule has 3 heterocycles. The molecule has 0 amide bonds. The van der Waals surface area contributed by atoms with E-state index in [9.17, 15) is 4.79 Å². The number of fused-ring (bicyclic) bond motifs is 2. The molecular formula is C31H33ClN4O3S. The summed E-state index contributed by atoms with van der Waals surface area (Å²) >= 11 is 7.88. The summed E-state index contributed by atoms with van der Waals surface area (Å²) in [6.45, 7) is 13.7. The van der Waals surface area contributed by atoms with Gasteiger partial charge < -0.3 is 9.47 Å². The van der Waals surface area contributed by atoms with Gasteiger partial charge in [0.25, 0.3) is 0 Å². The highest BCUT2D eigenvalue weighted by molar-refractivity contribution is 7.22. The summed E-state index contributed by atoms with van der Waals surface area (Å²) in [7, 11) is 0. The SMILES string of the molecule is Cc1cc2nc(-c3cnc4[nH]ncc4c3)sc2c(-c2ccc(Cl)cc2)c1C(COC(=O)C(C)(C)C)OC(C)(C)C. The Bertz CT molecular complexity index is 1690. The number of H-pyrrole nitrogens is 1. The van der Waals surface area contributed by atoms with Crippen LogP contribution in [0.1, 0.15) is 58.8 Å². The third-order valence-corrected chi connectivity index (χ3v) is 7.78. The van der Waals surface area contributed by atoms with E-state index in [1.54, 1.807) is 17.5 Å². The molecule has 9 heteroatoms. The van der Waals surface area contributed by atoms with E-state index in [2.05, 4.69) is 28.2 Å². The van der Waals surface area contributed by atoms with Crippen molar-refractivity contribution in [3.05, 3.63) is 64.9 Å². The normalized spacial score (nSPS) is 13.2. The van der Waals surface area contributed by atoms with Gasteiger partial charge in [0.05, 0.1) is 27.4 Å². The van der Waals surface area contributed by atoms with Crippen molar-refractivity contribution in [2.45, 2.75) is 60.2 Å². The van der Waals surface area contributed by atoms with Crippen LogP contribution in [0.5, 0.6) is 0 Å². The maximum absolute atomic E-state index is 12.8. The van der Waals surface area contributed by atoms with Crippen molar-refractivity contribution in [3.8, 4) is 21.7 Å². The number of halogens is 1. The number of hydrogen-bond donors (Lipinski definition) is 1. The number of rotatable bonds is 6. The summed E-state index contributed by atoms with van der Waals surface area (Å²) in [5, 5.41) is 9.41. The Balaban J connectivity index is 1.71. The molecule has 208 valence electrons. The van der Waals surface area contributed by atoms with Crippen molar-refractivity contribution >= 4 is 50.2 Å². The van der Waals surface area contributed by atoms with E-state index in [1.807, 2.05) is 78.1 Å². The first-order valence-electron chi connectivity index (χ1n) is 13.1. The van der Waals surface area contributed by atoms with Gasteiger partial charge in [-0.25, -0.2) is 9.97 Å². The highest BCUT2D eigenvalue weighted by Crippen LogP contribution is 2.44. The van der Waals surface area contributed by atoms with Gasteiger partial charge in [0.15, 0.2) is 5.65 Å². The molecule has 0 bridgehead atoms. The van der Waals surface area contributed by atoms with Gasteiger partial charge in [0.1, 0.15) is 17.7 Å². The first kappa shape index (κ1) is 28.2. The van der Waals surface area contributed by atoms with Crippen LogP contribution in [0.3, 0.4) is 0 Å². The summed E-state index contributed by atoms with van der Waals surface area (Å²) in [4.78, 5) is 22.3. The molecule has 3 aromatic heterocycles. The molecule has 0 aliphatic rings. The Kier molecular flexibility index (Phi) is 7.46. The van der Waals surface area contributed by atoms with Crippen molar-refractivity contribution in [1.29, 1.82) is 0 Å². The molecule has 40 heavy (non-hydrogen) atoms. The van der Waals surface area contributed by atoms with E-state index in [4.69, 9.17) is 26.1 Å². The van der Waals surface area contributed by atoms with E-state index >= 15 is 0 Å². The number of nitrogens with one attached hydrogen (secondary N) is 1. The Morgan fingerprint density at radius 3 is 2.45 bits per heavy atom. The number of ether oxygens (including phenoxy) is 2. The lowest BCUT2D eigenvalue weighted by Crippen LogP contribution is -2.30. The molecule has 7 nitrogen and oxygen atoms in total. The molecule has 0 aliphatic heterocycles. The number of aromatic amines is 1. The quantitative estimate of drug-likeness (QED) is 0.204. The average Bonchev–Trinajstić information content (AvgIpc) is 3.51. The number of benzene rings is 2. The molecule has 0 saturated carbocycles. The molecule has 0 aliphatic carbocycles. The Labute approximate surface area is 242 Å². The van der Waals surface area contributed by atoms with E-state index in [-0.39, 0.29) is 12.6 Å². The van der Waals surface area contributed by atoms with Gasteiger partial charge >= 0.3 is 5.97 Å². The Morgan fingerprint density at radius 1 is 1.05 bits per heavy atom. The lowest BCUT2D eigenvalue weighted by atomic mass is 9.91. The summed E-state index contributed by atoms with van der Waals surface area (Å²) in [6.07, 6.45) is 3.06. The van der Waals surface area contributed by atoms with E-state index in [0.29, 0.717) is 5.02 Å². The number of esters is 1. The van der Waals surface area contributed by atoms with Crippen LogP contribution in [-0.2, 0) is 14.3 Å². The molecule has 5 aromatic rings. The van der Waals surface area contributed by atoms with Gasteiger partial charge in [-0.3, -0.25) is 9.89 Å². The van der Waals surface area contributed by atoms with Crippen molar-refractivity contribution in [3.63, 3.8) is 0 Å². The molecule has 2 aromatic carbocycles. The maximum Gasteiger partial charge on any atom is 0.311 e. The molecule has 1 unspecified atom stereocenters. The predicted molar refractivity (Wildman–Crippen MR) is 162 cm³/mol. The monoisotopic (exact) mass is 576 g/mol. The second-order valence-electron chi connectivity index (χ2n) is 12.0. The van der Waals surface area contributed by atoms with Gasteiger partial charge in [-0.1, -0.05) is 23.7 Å². The van der Waals surface area contributed by atoms with Gasteiger partial charge in [0.2, 0.25) is 0 Å². The van der Waals surface area contributed by atoms with Crippen LogP contribution in [0, 0.1) is 12.3 Å². The van der Waals surface area contributed by atoms with E-state index in [0.717, 1.165) is 54.1 Å². The van der Waals surface area contributed by atoms with Crippen molar-refractivity contribution in [2.75, 3.05) is 6.61 Å². The number of pyridine rings is 1. The first-order chi connectivity index (χ1) is 18.8. The van der Waals surface area contributed by atoms with Crippen molar-refractivity contribution < 1.29 is 14.3 Å². The second-order valence-corrected chi connectivity index (χ2v) is 13.4. The number of thiazole rings is 1. The van der Waals surface area contributed by atoms with Crippen molar-refractivity contribution in [1.82, 2.24) is 20.2 Å². The number of carbonyl (C=O) groups is 1. The first-order valence-corrected chi connectivity index (χ1v) is 14.3. The van der Waals surface area contributed by atoms with Crippen LogP contribution in [0.2, 0.25) is 5.02 Å². The van der Waals surface area contributed by atoms with Crippen LogP contribution in [-0.4, -0.2) is 38.3 Å². The Hall–Kier alpha value is -3.33. The van der Waals surface area contributed by atoms with Crippen LogP contribution < -0.4 is 0 Å². The third kappa shape index (κ3) is 5.89. The fourth-order valence-corrected chi connectivity index (χ4v) is 5.81. The number of aryl methyl sites for hydroxylation is 1. The average molecular weight is 577 g/mol. The standard InChI is InChI=1S/C31H33ClN4O3S/c1-17-12-22-26(40-28(35-22)20-13-19-15-34-36-27(19)33-14-20)25(18-8-10-21(32)11-9-18)24(17)23(39-31(5,6)7)16-38-29(37)30(2,3)4/h8-15,23H,16H2,1-7H3,(H,33,34,36). The fourth-order valence-electron chi connectivity index (χ4n) is 4.58. The van der Waals surface area contributed by atoms with E-state index < -0.39 is 17.1 Å². The molecule has 5 rings (SSSR count). The molecule has 1 N–H and O–H groups in total. The van der Waals surface area contributed by atoms with Crippen LogP contribution in [0.25, 0.3) is 42.9 Å². The summed E-state index contributed by atoms with van der Waals surface area (Å²) in [5.41, 5.74) is 5.35. The van der Waals surface area contributed by atoms with Gasteiger partial charge in [-0.05, 0) is 89.4 Å². The van der Waals surface area contributed by atoms with Crippen LogP contribution in [0.4, 0.5) is 0 Å². The number of hydrogen-bond acceptors (Lipinski definition) is 7. The molecule has 0 radical (unpaired) electrons. The van der Waals surface area contributed by atoms with Gasteiger partial charge in [-0.15, -0.1) is 11.3 Å². The molecule has 1 atom stereocenters. The zero-order valence-corrected chi connectivity index (χ0v) is 25.3. The predicted octanol–water partition coefficient (Wildman–Crippen LogP) is 8.31. The van der Waals surface area contributed by atoms with Gasteiger partial charge in [0, 0.05) is 27.7 Å². The van der Waals surface area contributed by atoms with Crippen LogP contribution >= 0.6 is 22.9 Å². The molecule has 0 spiro atoms. The van der Waals surface area contributed by atoms with Crippen molar-refractivity contribution in [2.24, 2.45) is 5.41 Å². The lowest BCUT2D eigenvalue weighted by molar-refractivity contribution is -0.162. The highest BCUT2D eigenvalue weighted by atomic mass is 35.5.